The maximum Gasteiger partial charge on any atom is 0.0541 e. The van der Waals surface area contributed by atoms with E-state index in [1.807, 2.05) is 0 Å². The largest absolute Gasteiger partial charge is 0.310 e. The van der Waals surface area contributed by atoms with Gasteiger partial charge in [0, 0.05) is 33.4 Å². The normalized spacial score (nSPS) is 11.4. The number of nitrogens with zero attached hydrogens (tertiary/aromatic N) is 2. The van der Waals surface area contributed by atoms with Crippen molar-refractivity contribution in [3.05, 3.63) is 231 Å². The molecule has 2 heteroatoms. The Hall–Kier alpha value is -7.68. The van der Waals surface area contributed by atoms with Crippen molar-refractivity contribution < 1.29 is 0 Å². The topological polar surface area (TPSA) is 8.17 Å². The van der Waals surface area contributed by atoms with Crippen LogP contribution in [0.25, 0.3) is 82.4 Å². The number of anilines is 3. The van der Waals surface area contributed by atoms with E-state index in [1.165, 1.54) is 82.4 Å². The van der Waals surface area contributed by atoms with E-state index >= 15 is 0 Å². The fourth-order valence-corrected chi connectivity index (χ4v) is 8.77. The molecule has 0 spiro atoms. The molecule has 0 aliphatic rings. The van der Waals surface area contributed by atoms with Crippen LogP contribution < -0.4 is 4.90 Å². The molecule has 0 radical (unpaired) electrons. The molecule has 2 nitrogen and oxygen atoms in total. The van der Waals surface area contributed by atoms with Crippen molar-refractivity contribution in [2.75, 3.05) is 4.90 Å². The second-order valence-corrected chi connectivity index (χ2v) is 15.0. The Labute approximate surface area is 338 Å². The van der Waals surface area contributed by atoms with Crippen LogP contribution >= 0.6 is 0 Å². The summed E-state index contributed by atoms with van der Waals surface area (Å²) in [7, 11) is 0. The molecule has 0 fully saturated rings. The van der Waals surface area contributed by atoms with E-state index in [-0.39, 0.29) is 0 Å². The lowest BCUT2D eigenvalue weighted by Gasteiger charge is -2.26. The lowest BCUT2D eigenvalue weighted by molar-refractivity contribution is 1.18. The SMILES string of the molecule is c1ccc(-c2ccccc2-n2c3ccccc3c3ccccc32)c(-c2ccc(N(c3ccc(-c4ccc5ccccc5c4)cc3)c3ccc4ccccc4c3)cc2)c1. The third-order valence-corrected chi connectivity index (χ3v) is 11.6. The highest BCUT2D eigenvalue weighted by molar-refractivity contribution is 6.10. The van der Waals surface area contributed by atoms with E-state index in [0.717, 1.165) is 17.1 Å². The zero-order chi connectivity index (χ0) is 38.4. The highest BCUT2D eigenvalue weighted by atomic mass is 15.1. The van der Waals surface area contributed by atoms with Gasteiger partial charge < -0.3 is 9.47 Å². The molecule has 1 aromatic heterocycles. The maximum atomic E-state index is 2.42. The zero-order valence-corrected chi connectivity index (χ0v) is 31.8. The smallest absolute Gasteiger partial charge is 0.0541 e. The fraction of sp³-hybridized carbons (Fsp3) is 0. The summed E-state index contributed by atoms with van der Waals surface area (Å²) in [5.41, 5.74) is 14.1. The van der Waals surface area contributed by atoms with Crippen LogP contribution in [0.4, 0.5) is 17.1 Å². The minimum Gasteiger partial charge on any atom is -0.310 e. The van der Waals surface area contributed by atoms with Gasteiger partial charge in [-0.3, -0.25) is 0 Å². The average molecular weight is 739 g/mol. The average Bonchev–Trinajstić information content (AvgIpc) is 3.64. The van der Waals surface area contributed by atoms with Gasteiger partial charge in [0.1, 0.15) is 0 Å². The molecular formula is C56H38N2. The number of rotatable bonds is 7. The van der Waals surface area contributed by atoms with Crippen molar-refractivity contribution in [2.45, 2.75) is 0 Å². The minimum absolute atomic E-state index is 1.10. The molecule has 0 saturated carbocycles. The van der Waals surface area contributed by atoms with Gasteiger partial charge in [0.05, 0.1) is 16.7 Å². The highest BCUT2D eigenvalue weighted by Gasteiger charge is 2.18. The summed E-state index contributed by atoms with van der Waals surface area (Å²) < 4.78 is 2.42. The summed E-state index contributed by atoms with van der Waals surface area (Å²) in [5.74, 6) is 0. The van der Waals surface area contributed by atoms with Gasteiger partial charge in [-0.25, -0.2) is 0 Å². The Morgan fingerprint density at radius 2 is 0.724 bits per heavy atom. The summed E-state index contributed by atoms with van der Waals surface area (Å²) in [6.45, 7) is 0. The van der Waals surface area contributed by atoms with Crippen molar-refractivity contribution in [3.63, 3.8) is 0 Å². The number of hydrogen-bond acceptors (Lipinski definition) is 1. The molecule has 0 aliphatic heterocycles. The molecule has 0 unspecified atom stereocenters. The molecule has 11 rings (SSSR count). The molecule has 0 N–H and O–H groups in total. The Bertz CT molecular complexity index is 3230. The third-order valence-electron chi connectivity index (χ3n) is 11.6. The number of benzene rings is 10. The minimum atomic E-state index is 1.10. The first kappa shape index (κ1) is 33.6. The first-order chi connectivity index (χ1) is 28.8. The molecule has 272 valence electrons. The van der Waals surface area contributed by atoms with E-state index in [1.54, 1.807) is 0 Å². The van der Waals surface area contributed by atoms with Crippen molar-refractivity contribution >= 4 is 60.4 Å². The molecule has 1 heterocycles. The van der Waals surface area contributed by atoms with Gasteiger partial charge in [0.2, 0.25) is 0 Å². The summed E-state index contributed by atoms with van der Waals surface area (Å²) in [5, 5.41) is 7.46. The molecule has 10 aromatic carbocycles. The van der Waals surface area contributed by atoms with Crippen LogP contribution in [0.15, 0.2) is 231 Å². The highest BCUT2D eigenvalue weighted by Crippen LogP contribution is 2.42. The van der Waals surface area contributed by atoms with E-state index in [9.17, 15) is 0 Å². The standard InChI is InChI=1S/C56H38N2/c1-3-15-43-37-45(26-25-39(43)13-1)41-27-32-46(33-28-41)57(48-36-29-40-14-2-4-16-44(40)38-48)47-34-30-42(31-35-47)49-17-5-6-18-50(49)51-19-7-10-22-54(51)58-55-23-11-8-20-52(55)53-21-9-12-24-56(53)58/h1-38H. The predicted octanol–water partition coefficient (Wildman–Crippen LogP) is 15.6. The third kappa shape index (κ3) is 5.82. The molecule has 0 bridgehead atoms. The van der Waals surface area contributed by atoms with Crippen LogP contribution in [0.2, 0.25) is 0 Å². The number of hydrogen-bond donors (Lipinski definition) is 0. The predicted molar refractivity (Wildman–Crippen MR) is 247 cm³/mol. The van der Waals surface area contributed by atoms with Crippen molar-refractivity contribution in [1.29, 1.82) is 0 Å². The molecule has 0 saturated heterocycles. The Balaban J connectivity index is 1.00. The van der Waals surface area contributed by atoms with Crippen molar-refractivity contribution in [2.24, 2.45) is 0 Å². The fourth-order valence-electron chi connectivity index (χ4n) is 8.77. The van der Waals surface area contributed by atoms with Crippen molar-refractivity contribution in [1.82, 2.24) is 4.57 Å². The summed E-state index contributed by atoms with van der Waals surface area (Å²) in [4.78, 5) is 2.36. The molecular weight excluding hydrogens is 701 g/mol. The maximum absolute atomic E-state index is 2.42. The lowest BCUT2D eigenvalue weighted by atomic mass is 9.93. The van der Waals surface area contributed by atoms with E-state index < -0.39 is 0 Å². The Morgan fingerprint density at radius 1 is 0.276 bits per heavy atom. The van der Waals surface area contributed by atoms with Crippen LogP contribution in [0.5, 0.6) is 0 Å². The lowest BCUT2D eigenvalue weighted by Crippen LogP contribution is -2.09. The van der Waals surface area contributed by atoms with Crippen LogP contribution in [0.3, 0.4) is 0 Å². The Kier molecular flexibility index (Phi) is 8.19. The zero-order valence-electron chi connectivity index (χ0n) is 31.8. The van der Waals surface area contributed by atoms with E-state index in [0.29, 0.717) is 0 Å². The molecule has 11 aromatic rings. The van der Waals surface area contributed by atoms with Gasteiger partial charge >= 0.3 is 0 Å². The monoisotopic (exact) mass is 738 g/mol. The molecule has 0 amide bonds. The Morgan fingerprint density at radius 3 is 1.38 bits per heavy atom. The van der Waals surface area contributed by atoms with Gasteiger partial charge in [-0.1, -0.05) is 170 Å². The first-order valence-electron chi connectivity index (χ1n) is 19.9. The van der Waals surface area contributed by atoms with Crippen molar-refractivity contribution in [3.8, 4) is 39.1 Å². The molecule has 0 atom stereocenters. The second-order valence-electron chi connectivity index (χ2n) is 15.0. The summed E-state index contributed by atoms with van der Waals surface area (Å²) >= 11 is 0. The summed E-state index contributed by atoms with van der Waals surface area (Å²) in [6, 6.07) is 83.7. The quantitative estimate of drug-likeness (QED) is 0.158. The second kappa shape index (κ2) is 14.1. The van der Waals surface area contributed by atoms with Crippen LogP contribution in [-0.2, 0) is 0 Å². The van der Waals surface area contributed by atoms with E-state index in [4.69, 9.17) is 0 Å². The van der Waals surface area contributed by atoms with Gasteiger partial charge in [0.25, 0.3) is 0 Å². The first-order valence-corrected chi connectivity index (χ1v) is 19.9. The van der Waals surface area contributed by atoms with E-state index in [2.05, 4.69) is 240 Å². The number of aromatic nitrogens is 1. The summed E-state index contributed by atoms with van der Waals surface area (Å²) in [6.07, 6.45) is 0. The molecule has 0 aliphatic carbocycles. The van der Waals surface area contributed by atoms with Crippen LogP contribution in [0, 0.1) is 0 Å². The van der Waals surface area contributed by atoms with Gasteiger partial charge in [-0.2, -0.15) is 0 Å². The molecule has 58 heavy (non-hydrogen) atoms. The van der Waals surface area contributed by atoms with Crippen LogP contribution in [-0.4, -0.2) is 4.57 Å². The number of fused-ring (bicyclic) bond motifs is 5. The van der Waals surface area contributed by atoms with Crippen LogP contribution in [0.1, 0.15) is 0 Å². The number of para-hydroxylation sites is 3. The van der Waals surface area contributed by atoms with Gasteiger partial charge in [-0.15, -0.1) is 0 Å². The van der Waals surface area contributed by atoms with Gasteiger partial charge in [-0.05, 0) is 110 Å². The van der Waals surface area contributed by atoms with Gasteiger partial charge in [0.15, 0.2) is 0 Å².